The molecule has 6 nitrogen and oxygen atoms in total. The van der Waals surface area contributed by atoms with Gasteiger partial charge in [0.15, 0.2) is 11.8 Å². The van der Waals surface area contributed by atoms with Crippen LogP contribution in [0.3, 0.4) is 0 Å². The summed E-state index contributed by atoms with van der Waals surface area (Å²) < 4.78 is 7.27. The van der Waals surface area contributed by atoms with Gasteiger partial charge < -0.3 is 10.1 Å². The molecule has 2 aliphatic rings. The fraction of sp³-hybridized carbons (Fsp3) is 0.150. The summed E-state index contributed by atoms with van der Waals surface area (Å²) in [5.41, 5.74) is 4.36. The van der Waals surface area contributed by atoms with E-state index in [1.165, 1.54) is 0 Å². The lowest BCUT2D eigenvalue weighted by molar-refractivity contribution is -0.118. The van der Waals surface area contributed by atoms with E-state index in [0.29, 0.717) is 16.5 Å². The molecule has 3 aromatic rings. The highest BCUT2D eigenvalue weighted by Gasteiger charge is 2.29. The average Bonchev–Trinajstić information content (AvgIpc) is 3.05. The summed E-state index contributed by atoms with van der Waals surface area (Å²) in [6.45, 7) is 1.98. The van der Waals surface area contributed by atoms with E-state index in [1.54, 1.807) is 16.4 Å². The second kappa shape index (κ2) is 6.68. The number of carbonyl (C=O) groups excluding carboxylic acids is 1. The molecule has 0 radical (unpaired) electrons. The molecule has 3 heterocycles. The second-order valence-corrected chi connectivity index (χ2v) is 8.10. The summed E-state index contributed by atoms with van der Waals surface area (Å²) in [4.78, 5) is 16.3. The maximum absolute atomic E-state index is 11.7. The predicted octanol–water partition coefficient (Wildman–Crippen LogP) is 4.28. The molecule has 1 atom stereocenters. The number of carbonyl (C=O) groups is 1. The van der Waals surface area contributed by atoms with Crippen molar-refractivity contribution in [2.24, 2.45) is 5.10 Å². The minimum atomic E-state index is -0.163. The Hall–Kier alpha value is -2.77. The normalized spacial score (nSPS) is 17.9. The Bertz CT molecular complexity index is 1140. The zero-order valence-electron chi connectivity index (χ0n) is 14.8. The molecule has 1 amide bonds. The number of benzene rings is 2. The molecular weight excluding hydrogens is 396 g/mol. The van der Waals surface area contributed by atoms with Gasteiger partial charge in [0.05, 0.1) is 28.5 Å². The summed E-state index contributed by atoms with van der Waals surface area (Å²) in [6, 6.07) is 13.5. The van der Waals surface area contributed by atoms with E-state index in [4.69, 9.17) is 21.4 Å². The molecule has 0 saturated heterocycles. The third kappa shape index (κ3) is 3.06. The minimum absolute atomic E-state index is 0.0337. The van der Waals surface area contributed by atoms with E-state index >= 15 is 0 Å². The third-order valence-electron chi connectivity index (χ3n) is 4.52. The molecule has 8 heteroatoms. The maximum atomic E-state index is 11.7. The van der Waals surface area contributed by atoms with Gasteiger partial charge in [0.25, 0.3) is 5.91 Å². The highest BCUT2D eigenvalue weighted by atomic mass is 35.5. The first-order valence-corrected chi connectivity index (χ1v) is 9.96. The molecule has 140 valence electrons. The number of fused-ring (bicyclic) bond motifs is 2. The Morgan fingerprint density at radius 1 is 1.29 bits per heavy atom. The van der Waals surface area contributed by atoms with Gasteiger partial charge in [-0.2, -0.15) is 5.10 Å². The van der Waals surface area contributed by atoms with Crippen molar-refractivity contribution in [1.82, 2.24) is 9.66 Å². The molecule has 0 spiro atoms. The average molecular weight is 411 g/mol. The highest BCUT2D eigenvalue weighted by molar-refractivity contribution is 8.00. The van der Waals surface area contributed by atoms with Crippen molar-refractivity contribution in [3.63, 3.8) is 0 Å². The Balaban J connectivity index is 1.64. The first-order valence-electron chi connectivity index (χ1n) is 8.71. The van der Waals surface area contributed by atoms with Gasteiger partial charge in [-0.3, -0.25) is 4.79 Å². The predicted molar refractivity (Wildman–Crippen MR) is 110 cm³/mol. The number of ether oxygens (including phenoxy) is 1. The SMILES string of the molecule is Cc1cn2c(n1)SC(c1cccc(Cl)c1)C(c1ccc3c(c1)NC(=O)CO3)=N2. The first-order chi connectivity index (χ1) is 13.6. The standard InChI is InChI=1S/C20H15ClN4O2S/c1-11-9-25-20(22-11)28-19(13-3-2-4-14(21)7-13)18(24-25)12-5-6-16-15(8-12)23-17(26)10-27-16/h2-9,19H,10H2,1H3,(H,23,26). The second-order valence-electron chi connectivity index (χ2n) is 6.60. The van der Waals surface area contributed by atoms with Crippen LogP contribution in [0.5, 0.6) is 5.75 Å². The number of aromatic nitrogens is 2. The van der Waals surface area contributed by atoms with Crippen LogP contribution in [0.1, 0.15) is 22.1 Å². The van der Waals surface area contributed by atoms with Gasteiger partial charge in [-0.15, -0.1) is 0 Å². The van der Waals surface area contributed by atoms with Gasteiger partial charge >= 0.3 is 0 Å². The molecule has 5 rings (SSSR count). The zero-order chi connectivity index (χ0) is 19.3. The summed E-state index contributed by atoms with van der Waals surface area (Å²) in [5.74, 6) is 0.495. The Morgan fingerprint density at radius 2 is 2.18 bits per heavy atom. The molecule has 0 bridgehead atoms. The number of rotatable bonds is 2. The van der Waals surface area contributed by atoms with E-state index in [0.717, 1.165) is 27.7 Å². The summed E-state index contributed by atoms with van der Waals surface area (Å²) in [6.07, 6.45) is 1.90. The van der Waals surface area contributed by atoms with Crippen molar-refractivity contribution in [2.75, 3.05) is 11.9 Å². The van der Waals surface area contributed by atoms with Gasteiger partial charge in [0.2, 0.25) is 0 Å². The number of imidazole rings is 1. The number of nitrogens with zero attached hydrogens (tertiary/aromatic N) is 3. The van der Waals surface area contributed by atoms with E-state index in [1.807, 2.05) is 55.6 Å². The summed E-state index contributed by atoms with van der Waals surface area (Å²) >= 11 is 7.86. The molecule has 28 heavy (non-hydrogen) atoms. The molecule has 0 saturated carbocycles. The topological polar surface area (TPSA) is 68.5 Å². The van der Waals surface area contributed by atoms with E-state index in [2.05, 4.69) is 10.3 Å². The number of anilines is 1. The lowest BCUT2D eigenvalue weighted by Crippen LogP contribution is -2.26. The van der Waals surface area contributed by atoms with Crippen LogP contribution in [-0.4, -0.2) is 27.9 Å². The zero-order valence-corrected chi connectivity index (χ0v) is 16.4. The highest BCUT2D eigenvalue weighted by Crippen LogP contribution is 2.42. The molecule has 2 aromatic carbocycles. The fourth-order valence-electron chi connectivity index (χ4n) is 3.29. The van der Waals surface area contributed by atoms with Crippen LogP contribution in [-0.2, 0) is 4.79 Å². The van der Waals surface area contributed by atoms with Gasteiger partial charge in [0, 0.05) is 10.6 Å². The van der Waals surface area contributed by atoms with Crippen molar-refractivity contribution >= 4 is 40.7 Å². The number of nitrogens with one attached hydrogen (secondary N) is 1. The van der Waals surface area contributed by atoms with Gasteiger partial charge in [-0.25, -0.2) is 9.66 Å². The molecule has 0 fully saturated rings. The van der Waals surface area contributed by atoms with Crippen LogP contribution in [0, 0.1) is 6.92 Å². The lowest BCUT2D eigenvalue weighted by Gasteiger charge is -2.25. The monoisotopic (exact) mass is 410 g/mol. The number of thioether (sulfide) groups is 1. The molecule has 1 aromatic heterocycles. The molecule has 0 aliphatic carbocycles. The molecule has 1 unspecified atom stereocenters. The van der Waals surface area contributed by atoms with Crippen molar-refractivity contribution in [2.45, 2.75) is 17.3 Å². The third-order valence-corrected chi connectivity index (χ3v) is 5.98. The molecule has 1 N–H and O–H groups in total. The Kier molecular flexibility index (Phi) is 4.14. The van der Waals surface area contributed by atoms with Crippen LogP contribution < -0.4 is 10.1 Å². The first kappa shape index (κ1) is 17.3. The van der Waals surface area contributed by atoms with Crippen LogP contribution in [0.2, 0.25) is 5.02 Å². The Morgan fingerprint density at radius 3 is 3.04 bits per heavy atom. The van der Waals surface area contributed by atoms with E-state index < -0.39 is 0 Å². The van der Waals surface area contributed by atoms with Crippen molar-refractivity contribution < 1.29 is 9.53 Å². The van der Waals surface area contributed by atoms with Gasteiger partial charge in [-0.05, 0) is 42.8 Å². The number of hydrogen-bond donors (Lipinski definition) is 1. The fourth-order valence-corrected chi connectivity index (χ4v) is 4.68. The number of halogens is 1. The quantitative estimate of drug-likeness (QED) is 0.684. The number of aryl methyl sites for hydroxylation is 1. The minimum Gasteiger partial charge on any atom is -0.482 e. The van der Waals surface area contributed by atoms with Gasteiger partial charge in [-0.1, -0.05) is 35.5 Å². The maximum Gasteiger partial charge on any atom is 0.262 e. The van der Waals surface area contributed by atoms with E-state index in [-0.39, 0.29) is 17.8 Å². The largest absolute Gasteiger partial charge is 0.482 e. The Labute approximate surface area is 170 Å². The van der Waals surface area contributed by atoms with Crippen LogP contribution >= 0.6 is 23.4 Å². The molecule has 2 aliphatic heterocycles. The number of amides is 1. The van der Waals surface area contributed by atoms with Gasteiger partial charge in [0.1, 0.15) is 5.75 Å². The summed E-state index contributed by atoms with van der Waals surface area (Å²) in [5, 5.41) is 9.14. The lowest BCUT2D eigenvalue weighted by atomic mass is 10.0. The van der Waals surface area contributed by atoms with Crippen molar-refractivity contribution in [1.29, 1.82) is 0 Å². The number of hydrogen-bond acceptors (Lipinski definition) is 5. The van der Waals surface area contributed by atoms with Crippen LogP contribution in [0.25, 0.3) is 0 Å². The molecular formula is C20H15ClN4O2S. The van der Waals surface area contributed by atoms with Crippen molar-refractivity contribution in [3.05, 3.63) is 70.5 Å². The van der Waals surface area contributed by atoms with Crippen LogP contribution in [0.4, 0.5) is 5.69 Å². The van der Waals surface area contributed by atoms with E-state index in [9.17, 15) is 4.79 Å². The smallest absolute Gasteiger partial charge is 0.262 e. The van der Waals surface area contributed by atoms with Crippen molar-refractivity contribution in [3.8, 4) is 5.75 Å². The van der Waals surface area contributed by atoms with Crippen LogP contribution in [0.15, 0.2) is 58.9 Å². The summed E-state index contributed by atoms with van der Waals surface area (Å²) in [7, 11) is 0.